The topological polar surface area (TPSA) is 59.3 Å². The summed E-state index contributed by atoms with van der Waals surface area (Å²) in [5, 5.41) is 14.2. The molecule has 0 saturated carbocycles. The maximum absolute atomic E-state index is 6.29. The summed E-state index contributed by atoms with van der Waals surface area (Å²) in [5.41, 5.74) is 9.26. The van der Waals surface area contributed by atoms with Gasteiger partial charge in [-0.1, -0.05) is 109 Å². The van der Waals surface area contributed by atoms with Crippen LogP contribution >= 0.6 is 0 Å². The molecule has 0 unspecified atom stereocenters. The van der Waals surface area contributed by atoms with Crippen LogP contribution in [0.5, 0.6) is 11.5 Å². The van der Waals surface area contributed by atoms with Crippen molar-refractivity contribution in [2.45, 2.75) is 0 Å². The number of benzene rings is 7. The molecule has 0 spiro atoms. The first-order valence-electron chi connectivity index (χ1n) is 16.0. The van der Waals surface area contributed by atoms with Gasteiger partial charge in [0.05, 0.1) is 0 Å². The molecule has 0 aliphatic carbocycles. The maximum atomic E-state index is 6.29. The number of fused-ring (bicyclic) bond motifs is 3. The zero-order chi connectivity index (χ0) is 32.6. The molecule has 0 N–H and O–H groups in total. The summed E-state index contributed by atoms with van der Waals surface area (Å²) in [5.74, 6) is 1.08. The van der Waals surface area contributed by atoms with E-state index in [0.717, 1.165) is 50.4 Å². The van der Waals surface area contributed by atoms with E-state index >= 15 is 0 Å². The molecule has 0 amide bonds. The molecule has 7 aromatic carbocycles. The van der Waals surface area contributed by atoms with Gasteiger partial charge < -0.3 is 14.5 Å². The predicted octanol–water partition coefficient (Wildman–Crippen LogP) is 9.95. The van der Waals surface area contributed by atoms with Gasteiger partial charge >= 0.3 is 0 Å². The summed E-state index contributed by atoms with van der Waals surface area (Å²) in [6.45, 7) is 2.17. The second kappa shape index (κ2) is 13.5. The normalized spacial score (nSPS) is 12.1. The Morgan fingerprint density at radius 1 is 0.540 bits per heavy atom. The Hall–Kier alpha value is -6.04. The van der Waals surface area contributed by atoms with E-state index in [9.17, 15) is 0 Å². The largest absolute Gasteiger partial charge is 0.509 e. The van der Waals surface area contributed by atoms with Crippen molar-refractivity contribution in [3.05, 3.63) is 177 Å². The molecule has 2 heterocycles. The van der Waals surface area contributed by atoms with Crippen molar-refractivity contribution in [2.75, 3.05) is 9.80 Å². The van der Waals surface area contributed by atoms with Crippen LogP contribution in [0.1, 0.15) is 0 Å². The van der Waals surface area contributed by atoms with Crippen LogP contribution < -0.4 is 14.5 Å². The Balaban J connectivity index is 0.00000361. The minimum atomic E-state index is 0. The molecule has 9 rings (SSSR count). The van der Waals surface area contributed by atoms with Crippen LogP contribution in [0.4, 0.5) is 22.7 Å². The Kier molecular flexibility index (Phi) is 8.41. The minimum absolute atomic E-state index is 0. The van der Waals surface area contributed by atoms with E-state index in [2.05, 4.69) is 159 Å². The summed E-state index contributed by atoms with van der Waals surface area (Å²) in [6.07, 6.45) is 1.39. The van der Waals surface area contributed by atoms with Crippen molar-refractivity contribution < 1.29 is 25.8 Å². The van der Waals surface area contributed by atoms with Crippen molar-refractivity contribution >= 4 is 33.5 Å². The van der Waals surface area contributed by atoms with Crippen LogP contribution in [0.15, 0.2) is 158 Å². The van der Waals surface area contributed by atoms with Crippen LogP contribution in [-0.2, 0) is 21.1 Å². The minimum Gasteiger partial charge on any atom is -0.509 e. The molecule has 0 atom stereocenters. The van der Waals surface area contributed by atoms with Gasteiger partial charge in [-0.3, -0.25) is 0 Å². The molecule has 0 radical (unpaired) electrons. The van der Waals surface area contributed by atoms with Crippen molar-refractivity contribution in [3.63, 3.8) is 0 Å². The second-order valence-corrected chi connectivity index (χ2v) is 11.6. The number of anilines is 4. The quantitative estimate of drug-likeness (QED) is 0.149. The number of rotatable bonds is 7. The van der Waals surface area contributed by atoms with E-state index in [4.69, 9.17) is 4.74 Å². The molecular formula is C42H27N6OPt-3. The molecular weight excluding hydrogens is 800 g/mol. The van der Waals surface area contributed by atoms with Gasteiger partial charge in [0.25, 0.3) is 0 Å². The van der Waals surface area contributed by atoms with E-state index in [1.54, 1.807) is 0 Å². The van der Waals surface area contributed by atoms with E-state index in [1.165, 1.54) is 16.5 Å². The summed E-state index contributed by atoms with van der Waals surface area (Å²) < 4.78 is 6.29. The van der Waals surface area contributed by atoms with E-state index in [0.29, 0.717) is 17.2 Å². The molecule has 1 aliphatic heterocycles. The fourth-order valence-electron chi connectivity index (χ4n) is 6.44. The number of ether oxygens (including phenoxy) is 1. The smallest absolute Gasteiger partial charge is 0.162 e. The van der Waals surface area contributed by atoms with Crippen LogP contribution in [0.25, 0.3) is 38.7 Å². The molecule has 0 saturated heterocycles. The molecule has 7 nitrogen and oxygen atoms in total. The molecule has 1 aromatic heterocycles. The fourth-order valence-corrected chi connectivity index (χ4v) is 6.44. The van der Waals surface area contributed by atoms with Crippen molar-refractivity contribution in [1.29, 1.82) is 0 Å². The molecule has 1 aliphatic rings. The Bertz CT molecular complexity index is 2360. The van der Waals surface area contributed by atoms with Gasteiger partial charge in [0.15, 0.2) is 6.33 Å². The third-order valence-electron chi connectivity index (χ3n) is 8.61. The first-order chi connectivity index (χ1) is 24.3. The number of tetrazole rings is 1. The molecule has 0 bridgehead atoms. The van der Waals surface area contributed by atoms with Gasteiger partial charge in [0.2, 0.25) is 0 Å². The Morgan fingerprint density at radius 3 is 1.84 bits per heavy atom. The van der Waals surface area contributed by atoms with Crippen LogP contribution in [0.3, 0.4) is 0 Å². The Labute approximate surface area is 304 Å². The van der Waals surface area contributed by atoms with Crippen molar-refractivity contribution in [1.82, 2.24) is 20.2 Å². The summed E-state index contributed by atoms with van der Waals surface area (Å²) >= 11 is 0. The predicted molar refractivity (Wildman–Crippen MR) is 193 cm³/mol. The summed E-state index contributed by atoms with van der Waals surface area (Å²) in [6, 6.07) is 58.9. The average Bonchev–Trinajstić information content (AvgIpc) is 3.85. The average molecular weight is 827 g/mol. The molecule has 8 heteroatoms. The molecule has 244 valence electrons. The summed E-state index contributed by atoms with van der Waals surface area (Å²) in [7, 11) is 0. The van der Waals surface area contributed by atoms with Gasteiger partial charge in [-0.2, -0.15) is 16.9 Å². The second-order valence-electron chi connectivity index (χ2n) is 11.6. The fraction of sp³-hybridized carbons (Fsp3) is 0. The van der Waals surface area contributed by atoms with Crippen LogP contribution in [0.2, 0.25) is 0 Å². The van der Waals surface area contributed by atoms with Crippen molar-refractivity contribution in [3.8, 4) is 39.4 Å². The standard InChI is InChI=1S/C42H27N6O.Pt/c1-3-12-30(13-4-1)37-22-11-23-38(31-14-5-2-6-15-31)41(37)47-29-46(40-25-24-32-16-7-8-21-39(32)42(40)47)33-17-9-19-35(26-33)49-36-20-10-18-34(27-36)48-44-28-43-45-48;/h1-25,28-29H;/q-3;. The molecule has 0 fully saturated rings. The number of hydrogen-bond donors (Lipinski definition) is 0. The van der Waals surface area contributed by atoms with Crippen LogP contribution in [0, 0.1) is 18.8 Å². The van der Waals surface area contributed by atoms with Crippen molar-refractivity contribution in [2.24, 2.45) is 0 Å². The SMILES string of the molecule is [Pt].[c-]1c(Oc2[c-]c(-n3ncnn3)ccc2)cccc1N1[CH-]N(c2c(-c3ccccc3)cccc2-c2ccccc2)c2c1ccc1ccccc21. The zero-order valence-corrected chi connectivity index (χ0v) is 28.8. The van der Waals surface area contributed by atoms with Gasteiger partial charge in [-0.25, -0.2) is 0 Å². The number of hydrogen-bond acceptors (Lipinski definition) is 6. The number of para-hydroxylation sites is 1. The third-order valence-corrected chi connectivity index (χ3v) is 8.61. The van der Waals surface area contributed by atoms with Gasteiger partial charge in [0.1, 0.15) is 0 Å². The first kappa shape index (κ1) is 31.2. The summed E-state index contributed by atoms with van der Waals surface area (Å²) in [4.78, 5) is 5.93. The molecule has 50 heavy (non-hydrogen) atoms. The third kappa shape index (κ3) is 5.72. The van der Waals surface area contributed by atoms with Gasteiger partial charge in [-0.05, 0) is 33.5 Å². The zero-order valence-electron chi connectivity index (χ0n) is 26.5. The number of aromatic nitrogens is 4. The van der Waals surface area contributed by atoms with E-state index in [1.807, 2.05) is 36.4 Å². The van der Waals surface area contributed by atoms with E-state index in [-0.39, 0.29) is 21.1 Å². The Morgan fingerprint density at radius 2 is 1.16 bits per heavy atom. The van der Waals surface area contributed by atoms with E-state index < -0.39 is 0 Å². The molecule has 8 aromatic rings. The van der Waals surface area contributed by atoms with Crippen LogP contribution in [-0.4, -0.2) is 20.2 Å². The van der Waals surface area contributed by atoms with Gasteiger partial charge in [0, 0.05) is 66.1 Å². The monoisotopic (exact) mass is 826 g/mol. The van der Waals surface area contributed by atoms with Gasteiger partial charge in [-0.15, -0.1) is 59.0 Å². The number of nitrogens with zero attached hydrogens (tertiary/aromatic N) is 6. The maximum Gasteiger partial charge on any atom is 0.162 e. The first-order valence-corrected chi connectivity index (χ1v) is 16.0.